The number of carbonyl (C=O) groups is 3. The van der Waals surface area contributed by atoms with E-state index in [1.165, 1.54) is 11.3 Å². The highest BCUT2D eigenvalue weighted by atomic mass is 32.1. The van der Waals surface area contributed by atoms with Crippen molar-refractivity contribution >= 4 is 44.5 Å². The number of carbonyl (C=O) groups excluding carboxylic acids is 3. The fraction of sp³-hybridized carbons (Fsp3) is 0.273. The fourth-order valence-electron chi connectivity index (χ4n) is 3.65. The van der Waals surface area contributed by atoms with Crippen LogP contribution in [0.15, 0.2) is 48.5 Å². The molecule has 4 amide bonds. The highest BCUT2D eigenvalue weighted by molar-refractivity contribution is 7.22. The zero-order valence-corrected chi connectivity index (χ0v) is 18.0. The molecule has 4 rings (SSSR count). The number of urea groups is 1. The van der Waals surface area contributed by atoms with Gasteiger partial charge in [-0.2, -0.15) is 0 Å². The Morgan fingerprint density at radius 1 is 1.19 bits per heavy atom. The van der Waals surface area contributed by atoms with Crippen LogP contribution in [0.1, 0.15) is 25.8 Å². The largest absolute Gasteiger partial charge is 0.494 e. The summed E-state index contributed by atoms with van der Waals surface area (Å²) >= 11 is 1.30. The summed E-state index contributed by atoms with van der Waals surface area (Å²) in [7, 11) is 0. The topological polar surface area (TPSA) is 101 Å². The number of ether oxygens (including phenoxy) is 1. The molecule has 160 valence electrons. The molecule has 1 unspecified atom stereocenters. The molecule has 3 aromatic rings. The zero-order valence-electron chi connectivity index (χ0n) is 17.2. The number of hydrogen-bond donors (Lipinski definition) is 2. The number of aromatic nitrogens is 1. The van der Waals surface area contributed by atoms with Crippen LogP contribution >= 0.6 is 11.3 Å². The number of nitrogens with zero attached hydrogens (tertiary/aromatic N) is 2. The lowest BCUT2D eigenvalue weighted by atomic mass is 9.87. The summed E-state index contributed by atoms with van der Waals surface area (Å²) in [6.07, 6.45) is 0.375. The number of rotatable bonds is 7. The summed E-state index contributed by atoms with van der Waals surface area (Å²) in [5, 5.41) is 5.86. The van der Waals surface area contributed by atoms with Crippen molar-refractivity contribution in [1.29, 1.82) is 0 Å². The molecule has 0 radical (unpaired) electrons. The third kappa shape index (κ3) is 3.84. The monoisotopic (exact) mass is 438 g/mol. The van der Waals surface area contributed by atoms with E-state index in [-0.39, 0.29) is 6.54 Å². The van der Waals surface area contributed by atoms with Gasteiger partial charge in [-0.15, -0.1) is 0 Å². The van der Waals surface area contributed by atoms with Gasteiger partial charge in [-0.25, -0.2) is 9.78 Å². The number of benzene rings is 2. The fourth-order valence-corrected chi connectivity index (χ4v) is 4.56. The normalized spacial score (nSPS) is 18.3. The van der Waals surface area contributed by atoms with Crippen molar-refractivity contribution in [2.24, 2.45) is 0 Å². The molecule has 1 aliphatic heterocycles. The van der Waals surface area contributed by atoms with Crippen LogP contribution in [0.2, 0.25) is 0 Å². The molecule has 1 saturated heterocycles. The molecular formula is C22H22N4O4S. The van der Waals surface area contributed by atoms with Crippen LogP contribution in [0.5, 0.6) is 5.75 Å². The van der Waals surface area contributed by atoms with Gasteiger partial charge in [-0.3, -0.25) is 14.5 Å². The molecule has 2 N–H and O–H groups in total. The molecule has 1 atom stereocenters. The Balaban J connectivity index is 1.49. The predicted octanol–water partition coefficient (Wildman–Crippen LogP) is 3.49. The van der Waals surface area contributed by atoms with Gasteiger partial charge in [-0.05, 0) is 37.1 Å². The average Bonchev–Trinajstić information content (AvgIpc) is 3.27. The molecule has 2 aromatic carbocycles. The van der Waals surface area contributed by atoms with Crippen molar-refractivity contribution < 1.29 is 19.1 Å². The third-order valence-electron chi connectivity index (χ3n) is 5.19. The Kier molecular flexibility index (Phi) is 5.60. The number of nitrogens with one attached hydrogen (secondary N) is 2. The molecule has 0 saturated carbocycles. The SMILES string of the molecule is CCOc1ccc2nc(NC(=O)CN3C(=O)NC(CC)(c4ccccc4)C3=O)sc2c1. The molecule has 0 bridgehead atoms. The van der Waals surface area contributed by atoms with Crippen molar-refractivity contribution in [1.82, 2.24) is 15.2 Å². The second-order valence-corrected chi connectivity index (χ2v) is 8.11. The summed E-state index contributed by atoms with van der Waals surface area (Å²) in [5.41, 5.74) is 0.257. The maximum absolute atomic E-state index is 13.1. The molecule has 1 aliphatic rings. The minimum atomic E-state index is -1.16. The number of amides is 4. The van der Waals surface area contributed by atoms with Crippen molar-refractivity contribution in [3.63, 3.8) is 0 Å². The predicted molar refractivity (Wildman–Crippen MR) is 118 cm³/mol. The quantitative estimate of drug-likeness (QED) is 0.550. The lowest BCUT2D eigenvalue weighted by molar-refractivity contribution is -0.134. The van der Waals surface area contributed by atoms with E-state index in [1.54, 1.807) is 12.1 Å². The highest BCUT2D eigenvalue weighted by Crippen LogP contribution is 2.33. The number of anilines is 1. The van der Waals surface area contributed by atoms with E-state index < -0.39 is 23.4 Å². The number of fused-ring (bicyclic) bond motifs is 1. The van der Waals surface area contributed by atoms with Gasteiger partial charge in [0.15, 0.2) is 5.13 Å². The van der Waals surface area contributed by atoms with E-state index in [1.807, 2.05) is 50.2 Å². The van der Waals surface area contributed by atoms with Crippen LogP contribution in [-0.4, -0.2) is 40.9 Å². The minimum absolute atomic E-state index is 0.375. The molecule has 0 spiro atoms. The van der Waals surface area contributed by atoms with E-state index in [2.05, 4.69) is 15.6 Å². The maximum Gasteiger partial charge on any atom is 0.325 e. The van der Waals surface area contributed by atoms with Crippen LogP contribution in [0.4, 0.5) is 9.93 Å². The lowest BCUT2D eigenvalue weighted by Gasteiger charge is -2.25. The van der Waals surface area contributed by atoms with Gasteiger partial charge in [0.05, 0.1) is 16.8 Å². The molecule has 1 fully saturated rings. The van der Waals surface area contributed by atoms with Crippen molar-refractivity contribution in [2.45, 2.75) is 25.8 Å². The molecular weight excluding hydrogens is 416 g/mol. The summed E-state index contributed by atoms with van der Waals surface area (Å²) in [6.45, 7) is 3.90. The molecule has 8 nitrogen and oxygen atoms in total. The Hall–Kier alpha value is -3.46. The number of thiazole rings is 1. The van der Waals surface area contributed by atoms with Gasteiger partial charge < -0.3 is 15.4 Å². The van der Waals surface area contributed by atoms with E-state index in [0.717, 1.165) is 20.9 Å². The van der Waals surface area contributed by atoms with Gasteiger partial charge in [0.25, 0.3) is 5.91 Å². The molecule has 31 heavy (non-hydrogen) atoms. The Bertz CT molecular complexity index is 1150. The number of imide groups is 1. The van der Waals surface area contributed by atoms with Gasteiger partial charge in [0, 0.05) is 0 Å². The van der Waals surface area contributed by atoms with E-state index in [9.17, 15) is 14.4 Å². The van der Waals surface area contributed by atoms with Crippen molar-refractivity contribution in [3.8, 4) is 5.75 Å². The van der Waals surface area contributed by atoms with Gasteiger partial charge >= 0.3 is 6.03 Å². The van der Waals surface area contributed by atoms with Crippen LogP contribution in [0, 0.1) is 0 Å². The highest BCUT2D eigenvalue weighted by Gasteiger charge is 2.51. The van der Waals surface area contributed by atoms with Gasteiger partial charge in [0.2, 0.25) is 5.91 Å². The maximum atomic E-state index is 13.1. The first-order chi connectivity index (χ1) is 15.0. The minimum Gasteiger partial charge on any atom is -0.494 e. The van der Waals surface area contributed by atoms with Crippen LogP contribution in [0.3, 0.4) is 0 Å². The summed E-state index contributed by atoms with van der Waals surface area (Å²) in [6, 6.07) is 14.0. The lowest BCUT2D eigenvalue weighted by Crippen LogP contribution is -2.44. The van der Waals surface area contributed by atoms with Crippen LogP contribution in [-0.2, 0) is 15.1 Å². The van der Waals surface area contributed by atoms with Crippen LogP contribution < -0.4 is 15.4 Å². The van der Waals surface area contributed by atoms with Crippen LogP contribution in [0.25, 0.3) is 10.2 Å². The second kappa shape index (κ2) is 8.35. The third-order valence-corrected chi connectivity index (χ3v) is 6.13. The van der Waals surface area contributed by atoms with Crippen molar-refractivity contribution in [2.75, 3.05) is 18.5 Å². The molecule has 0 aliphatic carbocycles. The van der Waals surface area contributed by atoms with E-state index in [4.69, 9.17) is 4.74 Å². The van der Waals surface area contributed by atoms with E-state index in [0.29, 0.717) is 23.7 Å². The standard InChI is InChI=1S/C22H22N4O4S/c1-3-22(14-8-6-5-7-9-14)19(28)26(21(29)25-22)13-18(27)24-20-23-16-11-10-15(30-4-2)12-17(16)31-20/h5-12H,3-4,13H2,1-2H3,(H,25,29)(H,23,24,27). The summed E-state index contributed by atoms with van der Waals surface area (Å²) < 4.78 is 6.35. The number of hydrogen-bond acceptors (Lipinski definition) is 6. The zero-order chi connectivity index (χ0) is 22.0. The molecule has 9 heteroatoms. The molecule has 2 heterocycles. The smallest absolute Gasteiger partial charge is 0.325 e. The first-order valence-corrected chi connectivity index (χ1v) is 10.8. The molecule has 1 aromatic heterocycles. The first kappa shape index (κ1) is 20.8. The average molecular weight is 439 g/mol. The van der Waals surface area contributed by atoms with Gasteiger partial charge in [-0.1, -0.05) is 48.6 Å². The Morgan fingerprint density at radius 2 is 1.97 bits per heavy atom. The second-order valence-electron chi connectivity index (χ2n) is 7.08. The van der Waals surface area contributed by atoms with Crippen molar-refractivity contribution in [3.05, 3.63) is 54.1 Å². The summed E-state index contributed by atoms with van der Waals surface area (Å²) in [4.78, 5) is 43.6. The Morgan fingerprint density at radius 3 is 2.68 bits per heavy atom. The van der Waals surface area contributed by atoms with Gasteiger partial charge in [0.1, 0.15) is 17.8 Å². The Labute approximate surface area is 183 Å². The first-order valence-electron chi connectivity index (χ1n) is 9.99. The van der Waals surface area contributed by atoms with E-state index >= 15 is 0 Å². The summed E-state index contributed by atoms with van der Waals surface area (Å²) in [5.74, 6) is -0.202.